The summed E-state index contributed by atoms with van der Waals surface area (Å²) in [5, 5.41) is 20.4. The third-order valence-electron chi connectivity index (χ3n) is 4.02. The first-order chi connectivity index (χ1) is 10.1. The first kappa shape index (κ1) is 16.0. The Kier molecular flexibility index (Phi) is 5.40. The van der Waals surface area contributed by atoms with Crippen LogP contribution in [-0.4, -0.2) is 23.4 Å². The number of aliphatic hydroxyl groups is 2. The van der Waals surface area contributed by atoms with Crippen LogP contribution in [0.15, 0.2) is 48.5 Å². The van der Waals surface area contributed by atoms with E-state index in [0.717, 1.165) is 17.5 Å². The Morgan fingerprint density at radius 2 is 1.48 bits per heavy atom. The van der Waals surface area contributed by atoms with Crippen molar-refractivity contribution in [2.24, 2.45) is 0 Å². The van der Waals surface area contributed by atoms with Crippen LogP contribution in [0, 0.1) is 0 Å². The van der Waals surface area contributed by atoms with Gasteiger partial charge in [0.1, 0.15) is 0 Å². The lowest BCUT2D eigenvalue weighted by atomic mass is 9.76. The van der Waals surface area contributed by atoms with E-state index < -0.39 is 5.41 Å². The van der Waals surface area contributed by atoms with Gasteiger partial charge < -0.3 is 10.2 Å². The molecule has 0 amide bonds. The Bertz CT molecular complexity index is 574. The summed E-state index contributed by atoms with van der Waals surface area (Å²) in [7, 11) is 0. The van der Waals surface area contributed by atoms with Crippen LogP contribution in [0.25, 0.3) is 0 Å². The van der Waals surface area contributed by atoms with Crippen LogP contribution in [0.4, 0.5) is 0 Å². The van der Waals surface area contributed by atoms with E-state index in [1.165, 1.54) is 5.56 Å². The van der Waals surface area contributed by atoms with Gasteiger partial charge in [0, 0.05) is 10.4 Å². The number of benzene rings is 2. The molecule has 21 heavy (non-hydrogen) atoms. The van der Waals surface area contributed by atoms with Gasteiger partial charge in [-0.15, -0.1) is 0 Å². The summed E-state index contributed by atoms with van der Waals surface area (Å²) in [6.07, 6.45) is 1.55. The van der Waals surface area contributed by atoms with E-state index >= 15 is 0 Å². The average molecular weight is 305 g/mol. The number of aliphatic hydroxyl groups excluding tert-OH is 2. The molecule has 2 N–H and O–H groups in total. The van der Waals surface area contributed by atoms with E-state index in [0.29, 0.717) is 11.4 Å². The highest BCUT2D eigenvalue weighted by Gasteiger charge is 2.33. The number of hydrogen-bond donors (Lipinski definition) is 2. The first-order valence-electron chi connectivity index (χ1n) is 7.20. The standard InChI is InChI=1S/C18H21ClO2/c1-2-14-7-9-15(10-8-14)11-18(12-20,13-21)16-5-3-4-6-17(16)19/h3-10,20-21H,2,11-13H2,1H3. The highest BCUT2D eigenvalue weighted by atomic mass is 35.5. The molecule has 3 heteroatoms. The summed E-state index contributed by atoms with van der Waals surface area (Å²) >= 11 is 6.26. The van der Waals surface area contributed by atoms with Crippen molar-refractivity contribution in [2.75, 3.05) is 13.2 Å². The Balaban J connectivity index is 2.36. The Morgan fingerprint density at radius 3 is 2.00 bits per heavy atom. The van der Waals surface area contributed by atoms with Gasteiger partial charge in [0.25, 0.3) is 0 Å². The maximum atomic E-state index is 9.90. The highest BCUT2D eigenvalue weighted by molar-refractivity contribution is 6.31. The molecule has 0 atom stereocenters. The second kappa shape index (κ2) is 7.08. The van der Waals surface area contributed by atoms with Gasteiger partial charge in [0.15, 0.2) is 0 Å². The Labute approximate surface area is 131 Å². The van der Waals surface area contributed by atoms with Crippen LogP contribution in [0.1, 0.15) is 23.6 Å². The fourth-order valence-corrected chi connectivity index (χ4v) is 2.94. The third-order valence-corrected chi connectivity index (χ3v) is 4.35. The predicted octanol–water partition coefficient (Wildman–Crippen LogP) is 3.37. The van der Waals surface area contributed by atoms with Crippen LogP contribution in [-0.2, 0) is 18.3 Å². The van der Waals surface area contributed by atoms with Gasteiger partial charge in [-0.25, -0.2) is 0 Å². The average Bonchev–Trinajstić information content (AvgIpc) is 2.54. The molecule has 2 nitrogen and oxygen atoms in total. The first-order valence-corrected chi connectivity index (χ1v) is 7.57. The lowest BCUT2D eigenvalue weighted by Crippen LogP contribution is -2.37. The molecule has 0 bridgehead atoms. The Hall–Kier alpha value is -1.35. The molecule has 112 valence electrons. The summed E-state index contributed by atoms with van der Waals surface area (Å²) in [6.45, 7) is 1.82. The molecule has 0 aliphatic rings. The van der Waals surface area contributed by atoms with Crippen molar-refractivity contribution in [3.8, 4) is 0 Å². The van der Waals surface area contributed by atoms with Crippen LogP contribution >= 0.6 is 11.6 Å². The molecule has 0 radical (unpaired) electrons. The van der Waals surface area contributed by atoms with E-state index in [1.54, 1.807) is 6.07 Å². The van der Waals surface area contributed by atoms with Crippen molar-refractivity contribution >= 4 is 11.6 Å². The molecule has 0 fully saturated rings. The predicted molar refractivity (Wildman–Crippen MR) is 86.8 cm³/mol. The van der Waals surface area contributed by atoms with Crippen molar-refractivity contribution in [1.82, 2.24) is 0 Å². The molecule has 2 rings (SSSR count). The quantitative estimate of drug-likeness (QED) is 0.859. The van der Waals surface area contributed by atoms with Gasteiger partial charge >= 0.3 is 0 Å². The van der Waals surface area contributed by atoms with Gasteiger partial charge in [-0.1, -0.05) is 61.0 Å². The molecule has 2 aromatic carbocycles. The van der Waals surface area contributed by atoms with Crippen LogP contribution < -0.4 is 0 Å². The van der Waals surface area contributed by atoms with Crippen molar-refractivity contribution in [1.29, 1.82) is 0 Å². The normalized spacial score (nSPS) is 11.6. The molecule has 0 aliphatic carbocycles. The van der Waals surface area contributed by atoms with Gasteiger partial charge in [-0.05, 0) is 35.6 Å². The topological polar surface area (TPSA) is 40.5 Å². The Morgan fingerprint density at radius 1 is 0.905 bits per heavy atom. The minimum absolute atomic E-state index is 0.150. The fourth-order valence-electron chi connectivity index (χ4n) is 2.60. The molecular formula is C18H21ClO2. The molecule has 0 saturated carbocycles. The van der Waals surface area contributed by atoms with Gasteiger partial charge in [0.05, 0.1) is 13.2 Å². The van der Waals surface area contributed by atoms with Crippen LogP contribution in [0.5, 0.6) is 0 Å². The highest BCUT2D eigenvalue weighted by Crippen LogP contribution is 2.33. The maximum absolute atomic E-state index is 9.90. The van der Waals surface area contributed by atoms with E-state index in [9.17, 15) is 10.2 Å². The number of rotatable bonds is 6. The third kappa shape index (κ3) is 3.46. The monoisotopic (exact) mass is 304 g/mol. The minimum Gasteiger partial charge on any atom is -0.395 e. The molecular weight excluding hydrogens is 284 g/mol. The van der Waals surface area contributed by atoms with Gasteiger partial charge in [-0.3, -0.25) is 0 Å². The number of aryl methyl sites for hydroxylation is 1. The summed E-state index contributed by atoms with van der Waals surface area (Å²) in [5.74, 6) is 0. The SMILES string of the molecule is CCc1ccc(CC(CO)(CO)c2ccccc2Cl)cc1. The summed E-state index contributed by atoms with van der Waals surface area (Å²) in [4.78, 5) is 0. The van der Waals surface area contributed by atoms with E-state index in [2.05, 4.69) is 31.2 Å². The molecule has 2 aromatic rings. The zero-order chi connectivity index (χ0) is 15.3. The smallest absolute Gasteiger partial charge is 0.0553 e. The minimum atomic E-state index is -0.758. The molecule has 0 aliphatic heterocycles. The van der Waals surface area contributed by atoms with E-state index in [1.807, 2.05) is 18.2 Å². The second-order valence-corrected chi connectivity index (χ2v) is 5.83. The van der Waals surface area contributed by atoms with Gasteiger partial charge in [-0.2, -0.15) is 0 Å². The van der Waals surface area contributed by atoms with Gasteiger partial charge in [0.2, 0.25) is 0 Å². The summed E-state index contributed by atoms with van der Waals surface area (Å²) in [5.41, 5.74) is 2.38. The summed E-state index contributed by atoms with van der Waals surface area (Å²) < 4.78 is 0. The molecule has 0 unspecified atom stereocenters. The largest absolute Gasteiger partial charge is 0.395 e. The number of halogens is 1. The van der Waals surface area contributed by atoms with Crippen molar-refractivity contribution < 1.29 is 10.2 Å². The maximum Gasteiger partial charge on any atom is 0.0553 e. The van der Waals surface area contributed by atoms with Crippen molar-refractivity contribution in [3.63, 3.8) is 0 Å². The molecule has 0 saturated heterocycles. The van der Waals surface area contributed by atoms with Crippen LogP contribution in [0.2, 0.25) is 5.02 Å². The lowest BCUT2D eigenvalue weighted by Gasteiger charge is -2.31. The summed E-state index contributed by atoms with van der Waals surface area (Å²) in [6, 6.07) is 15.7. The number of hydrogen-bond acceptors (Lipinski definition) is 2. The molecule has 0 heterocycles. The van der Waals surface area contributed by atoms with Crippen LogP contribution in [0.3, 0.4) is 0 Å². The fraction of sp³-hybridized carbons (Fsp3) is 0.333. The zero-order valence-electron chi connectivity index (χ0n) is 12.2. The molecule has 0 spiro atoms. The van der Waals surface area contributed by atoms with Crippen molar-refractivity contribution in [2.45, 2.75) is 25.2 Å². The molecule has 0 aromatic heterocycles. The lowest BCUT2D eigenvalue weighted by molar-refractivity contribution is 0.116. The van der Waals surface area contributed by atoms with Crippen molar-refractivity contribution in [3.05, 3.63) is 70.2 Å². The van der Waals surface area contributed by atoms with E-state index in [-0.39, 0.29) is 13.2 Å². The second-order valence-electron chi connectivity index (χ2n) is 5.42. The van der Waals surface area contributed by atoms with E-state index in [4.69, 9.17) is 11.6 Å². The zero-order valence-corrected chi connectivity index (χ0v) is 13.0.